The van der Waals surface area contributed by atoms with Crippen LogP contribution in [-0.2, 0) is 0 Å². The van der Waals surface area contributed by atoms with E-state index in [4.69, 9.17) is 4.42 Å². The lowest BCUT2D eigenvalue weighted by molar-refractivity contribution is 0.0755. The molecule has 2 atom stereocenters. The molecule has 0 unspecified atom stereocenters. The van der Waals surface area contributed by atoms with Crippen molar-refractivity contribution in [2.75, 3.05) is 13.1 Å². The molecule has 1 saturated heterocycles. The Labute approximate surface area is 129 Å². The van der Waals surface area contributed by atoms with Gasteiger partial charge in [0, 0.05) is 11.9 Å². The maximum absolute atomic E-state index is 12.4. The highest BCUT2D eigenvalue weighted by Gasteiger charge is 2.25. The van der Waals surface area contributed by atoms with Crippen LogP contribution in [0.3, 0.4) is 0 Å². The number of fused-ring (bicyclic) bond motifs is 1. The first-order valence-corrected chi connectivity index (χ1v) is 6.84. The fourth-order valence-corrected chi connectivity index (χ4v) is 2.61. The maximum Gasteiger partial charge on any atom is 0.255 e. The zero-order valence-electron chi connectivity index (χ0n) is 11.8. The molecule has 0 spiro atoms. The second kappa shape index (κ2) is 6.47. The van der Waals surface area contributed by atoms with E-state index in [0.717, 1.165) is 17.7 Å². The molecule has 2 aromatic rings. The summed E-state index contributed by atoms with van der Waals surface area (Å²) >= 11 is 0. The molecule has 1 aromatic heterocycles. The predicted molar refractivity (Wildman–Crippen MR) is 82.9 cm³/mol. The van der Waals surface area contributed by atoms with Gasteiger partial charge >= 0.3 is 0 Å². The van der Waals surface area contributed by atoms with Crippen molar-refractivity contribution < 1.29 is 14.3 Å². The molecule has 1 fully saturated rings. The van der Waals surface area contributed by atoms with Gasteiger partial charge in [0.15, 0.2) is 0 Å². The molecule has 0 bridgehead atoms. The SMILES string of the molecule is Cc1cc2cccc(C(=O)N[C@H]3CNCC[C@H]3O)c2o1.Cl. The number of hydrogen-bond acceptors (Lipinski definition) is 4. The first kappa shape index (κ1) is 15.8. The van der Waals surface area contributed by atoms with Gasteiger partial charge in [0.25, 0.3) is 5.91 Å². The van der Waals surface area contributed by atoms with Gasteiger partial charge in [-0.2, -0.15) is 0 Å². The number of amides is 1. The number of nitrogens with one attached hydrogen (secondary N) is 2. The van der Waals surface area contributed by atoms with Crippen molar-refractivity contribution in [2.24, 2.45) is 0 Å². The Morgan fingerprint density at radius 2 is 2.29 bits per heavy atom. The summed E-state index contributed by atoms with van der Waals surface area (Å²) in [5.74, 6) is 0.567. The van der Waals surface area contributed by atoms with Gasteiger partial charge in [0.05, 0.1) is 17.7 Å². The smallest absolute Gasteiger partial charge is 0.255 e. The Morgan fingerprint density at radius 3 is 3.05 bits per heavy atom. The van der Waals surface area contributed by atoms with Crippen LogP contribution in [-0.4, -0.2) is 36.2 Å². The van der Waals surface area contributed by atoms with Crippen LogP contribution in [0.1, 0.15) is 22.5 Å². The number of carbonyl (C=O) groups is 1. The molecule has 1 aliphatic heterocycles. The molecule has 0 radical (unpaired) electrons. The number of piperidine rings is 1. The molecule has 1 aromatic carbocycles. The first-order chi connectivity index (χ1) is 9.65. The van der Waals surface area contributed by atoms with Crippen LogP contribution >= 0.6 is 12.4 Å². The standard InChI is InChI=1S/C15H18N2O3.ClH/c1-9-7-10-3-2-4-11(14(10)20-9)15(19)17-12-8-16-6-5-13(12)18;/h2-4,7,12-13,16,18H,5-6,8H2,1H3,(H,17,19);1H/t12-,13+;/m0./s1. The molecule has 6 heteroatoms. The van der Waals surface area contributed by atoms with Crippen molar-refractivity contribution in [3.8, 4) is 0 Å². The fourth-order valence-electron chi connectivity index (χ4n) is 2.61. The summed E-state index contributed by atoms with van der Waals surface area (Å²) in [5.41, 5.74) is 1.11. The van der Waals surface area contributed by atoms with Crippen molar-refractivity contribution in [1.82, 2.24) is 10.6 Å². The summed E-state index contributed by atoms with van der Waals surface area (Å²) in [6.07, 6.45) is 0.146. The van der Waals surface area contributed by atoms with E-state index in [2.05, 4.69) is 10.6 Å². The highest BCUT2D eigenvalue weighted by atomic mass is 35.5. The summed E-state index contributed by atoms with van der Waals surface area (Å²) in [4.78, 5) is 12.4. The van der Waals surface area contributed by atoms with E-state index in [0.29, 0.717) is 24.1 Å². The number of para-hydroxylation sites is 1. The highest BCUT2D eigenvalue weighted by molar-refractivity contribution is 6.05. The molecule has 1 amide bonds. The zero-order valence-corrected chi connectivity index (χ0v) is 12.6. The molecule has 2 heterocycles. The van der Waals surface area contributed by atoms with Gasteiger partial charge in [-0.3, -0.25) is 4.79 Å². The van der Waals surface area contributed by atoms with Gasteiger partial charge in [-0.1, -0.05) is 12.1 Å². The van der Waals surface area contributed by atoms with Crippen molar-refractivity contribution in [3.63, 3.8) is 0 Å². The van der Waals surface area contributed by atoms with E-state index in [9.17, 15) is 9.90 Å². The van der Waals surface area contributed by atoms with Gasteiger partial charge in [0.1, 0.15) is 11.3 Å². The van der Waals surface area contributed by atoms with Crippen molar-refractivity contribution in [2.45, 2.75) is 25.5 Å². The summed E-state index contributed by atoms with van der Waals surface area (Å²) < 4.78 is 5.60. The molecular formula is C15H19ClN2O3. The number of aryl methyl sites for hydroxylation is 1. The number of carbonyl (C=O) groups excluding carboxylic acids is 1. The van der Waals surface area contributed by atoms with Crippen LogP contribution in [0.15, 0.2) is 28.7 Å². The van der Waals surface area contributed by atoms with Gasteiger partial charge in [0.2, 0.25) is 0 Å². The summed E-state index contributed by atoms with van der Waals surface area (Å²) in [6.45, 7) is 3.22. The van der Waals surface area contributed by atoms with Crippen LogP contribution in [0.4, 0.5) is 0 Å². The van der Waals surface area contributed by atoms with E-state index in [1.165, 1.54) is 0 Å². The molecule has 5 nitrogen and oxygen atoms in total. The molecule has 21 heavy (non-hydrogen) atoms. The van der Waals surface area contributed by atoms with Crippen LogP contribution in [0, 0.1) is 6.92 Å². The quantitative estimate of drug-likeness (QED) is 0.788. The monoisotopic (exact) mass is 310 g/mol. The third-order valence-corrected chi connectivity index (χ3v) is 3.67. The van der Waals surface area contributed by atoms with Crippen LogP contribution in [0.25, 0.3) is 11.0 Å². The topological polar surface area (TPSA) is 74.5 Å². The largest absolute Gasteiger partial charge is 0.461 e. The number of hydrogen-bond donors (Lipinski definition) is 3. The van der Waals surface area contributed by atoms with Crippen molar-refractivity contribution in [1.29, 1.82) is 0 Å². The van der Waals surface area contributed by atoms with Crippen LogP contribution < -0.4 is 10.6 Å². The lowest BCUT2D eigenvalue weighted by Gasteiger charge is -2.29. The van der Waals surface area contributed by atoms with E-state index in [-0.39, 0.29) is 24.4 Å². The number of aliphatic hydroxyl groups excluding tert-OH is 1. The number of aliphatic hydroxyl groups is 1. The van der Waals surface area contributed by atoms with Gasteiger partial charge < -0.3 is 20.2 Å². The molecule has 0 saturated carbocycles. The average molecular weight is 311 g/mol. The van der Waals surface area contributed by atoms with Crippen molar-refractivity contribution >= 4 is 29.3 Å². The summed E-state index contributed by atoms with van der Waals surface area (Å²) in [7, 11) is 0. The molecule has 114 valence electrons. The zero-order chi connectivity index (χ0) is 14.1. The molecule has 3 rings (SSSR count). The van der Waals surface area contributed by atoms with Gasteiger partial charge in [-0.05, 0) is 32.0 Å². The Bertz CT molecular complexity index is 641. The van der Waals surface area contributed by atoms with E-state index in [1.54, 1.807) is 6.07 Å². The van der Waals surface area contributed by atoms with E-state index in [1.807, 2.05) is 25.1 Å². The van der Waals surface area contributed by atoms with Crippen molar-refractivity contribution in [3.05, 3.63) is 35.6 Å². The van der Waals surface area contributed by atoms with Crippen LogP contribution in [0.5, 0.6) is 0 Å². The highest BCUT2D eigenvalue weighted by Crippen LogP contribution is 2.22. The third kappa shape index (κ3) is 3.20. The minimum atomic E-state index is -0.502. The average Bonchev–Trinajstić information content (AvgIpc) is 2.81. The van der Waals surface area contributed by atoms with E-state index < -0.39 is 6.10 Å². The first-order valence-electron chi connectivity index (χ1n) is 6.84. The number of furan rings is 1. The summed E-state index contributed by atoms with van der Waals surface area (Å²) in [6, 6.07) is 7.14. The minimum absolute atomic E-state index is 0. The maximum atomic E-state index is 12.4. The van der Waals surface area contributed by atoms with Crippen LogP contribution in [0.2, 0.25) is 0 Å². The molecule has 3 N–H and O–H groups in total. The lowest BCUT2D eigenvalue weighted by atomic mass is 10.0. The Kier molecular flexibility index (Phi) is 4.88. The second-order valence-electron chi connectivity index (χ2n) is 5.22. The molecular weight excluding hydrogens is 292 g/mol. The summed E-state index contributed by atoms with van der Waals surface area (Å²) in [5, 5.41) is 16.9. The fraction of sp³-hybridized carbons (Fsp3) is 0.400. The number of rotatable bonds is 2. The Hall–Kier alpha value is -1.56. The minimum Gasteiger partial charge on any atom is -0.461 e. The van der Waals surface area contributed by atoms with E-state index >= 15 is 0 Å². The third-order valence-electron chi connectivity index (χ3n) is 3.67. The molecule has 1 aliphatic rings. The predicted octanol–water partition coefficient (Wildman–Crippen LogP) is 1.62. The number of benzene rings is 1. The van der Waals surface area contributed by atoms with Gasteiger partial charge in [-0.15, -0.1) is 12.4 Å². The van der Waals surface area contributed by atoms with Gasteiger partial charge in [-0.25, -0.2) is 0 Å². The Balaban J connectivity index is 0.00000161. The Morgan fingerprint density at radius 1 is 1.48 bits per heavy atom. The lowest BCUT2D eigenvalue weighted by Crippen LogP contribution is -2.53. The second-order valence-corrected chi connectivity index (χ2v) is 5.22. The molecule has 0 aliphatic carbocycles. The number of halogens is 1. The normalized spacial score (nSPS) is 21.8.